The monoisotopic (exact) mass is 180 g/mol. The molecule has 0 aliphatic heterocycles. The van der Waals surface area contributed by atoms with Gasteiger partial charge in [0.1, 0.15) is 5.65 Å². The first kappa shape index (κ1) is 7.62. The molecule has 62 valence electrons. The van der Waals surface area contributed by atoms with Gasteiger partial charge in [-0.15, -0.1) is 11.6 Å². The van der Waals surface area contributed by atoms with Gasteiger partial charge in [0.05, 0.1) is 17.3 Å². The van der Waals surface area contributed by atoms with Crippen molar-refractivity contribution in [2.75, 3.05) is 0 Å². The van der Waals surface area contributed by atoms with Gasteiger partial charge in [0.15, 0.2) is 0 Å². The number of aromatic nitrogens is 2. The summed E-state index contributed by atoms with van der Waals surface area (Å²) in [5.74, 6) is 0. The number of alkyl halides is 1. The van der Waals surface area contributed by atoms with E-state index in [1.807, 2.05) is 41.9 Å². The van der Waals surface area contributed by atoms with E-state index < -0.39 is 0 Å². The highest BCUT2D eigenvalue weighted by atomic mass is 35.5. The Morgan fingerprint density at radius 1 is 1.50 bits per heavy atom. The van der Waals surface area contributed by atoms with Crippen molar-refractivity contribution in [3.8, 4) is 0 Å². The summed E-state index contributed by atoms with van der Waals surface area (Å²) < 4.78 is 2.00. The maximum atomic E-state index is 5.96. The van der Waals surface area contributed by atoms with Crippen LogP contribution in [0, 0.1) is 0 Å². The van der Waals surface area contributed by atoms with Crippen LogP contribution in [0.2, 0.25) is 0 Å². The Morgan fingerprint density at radius 3 is 3.08 bits per heavy atom. The Labute approximate surface area is 75.8 Å². The van der Waals surface area contributed by atoms with Crippen molar-refractivity contribution in [1.82, 2.24) is 9.38 Å². The third kappa shape index (κ3) is 1.08. The number of imidazole rings is 1. The molecule has 1 atom stereocenters. The Balaban J connectivity index is 2.70. The topological polar surface area (TPSA) is 17.3 Å². The van der Waals surface area contributed by atoms with Gasteiger partial charge in [-0.3, -0.25) is 0 Å². The zero-order chi connectivity index (χ0) is 8.55. The molecule has 0 aliphatic rings. The van der Waals surface area contributed by atoms with Gasteiger partial charge in [-0.2, -0.15) is 0 Å². The number of hydrogen-bond acceptors (Lipinski definition) is 1. The number of halogens is 1. The molecule has 0 spiro atoms. The molecular formula is C9H9ClN2. The van der Waals surface area contributed by atoms with E-state index in [0.717, 1.165) is 11.3 Å². The lowest BCUT2D eigenvalue weighted by Crippen LogP contribution is -1.91. The second-order valence-electron chi connectivity index (χ2n) is 2.73. The second kappa shape index (κ2) is 2.79. The third-order valence-corrected chi connectivity index (χ3v) is 2.08. The molecule has 0 radical (unpaired) electrons. The van der Waals surface area contributed by atoms with Crippen molar-refractivity contribution < 1.29 is 0 Å². The Morgan fingerprint density at radius 2 is 2.33 bits per heavy atom. The van der Waals surface area contributed by atoms with E-state index in [2.05, 4.69) is 4.98 Å². The van der Waals surface area contributed by atoms with Gasteiger partial charge in [-0.1, -0.05) is 6.07 Å². The van der Waals surface area contributed by atoms with Crippen molar-refractivity contribution in [1.29, 1.82) is 0 Å². The fourth-order valence-corrected chi connectivity index (χ4v) is 1.41. The fourth-order valence-electron chi connectivity index (χ4n) is 1.25. The van der Waals surface area contributed by atoms with E-state index in [1.165, 1.54) is 0 Å². The van der Waals surface area contributed by atoms with E-state index in [4.69, 9.17) is 11.6 Å². The van der Waals surface area contributed by atoms with Crippen LogP contribution in [0.3, 0.4) is 0 Å². The summed E-state index contributed by atoms with van der Waals surface area (Å²) in [6.45, 7) is 1.94. The Hall–Kier alpha value is -1.02. The molecule has 0 N–H and O–H groups in total. The molecule has 1 unspecified atom stereocenters. The molecule has 0 fully saturated rings. The van der Waals surface area contributed by atoms with Gasteiger partial charge in [0, 0.05) is 6.20 Å². The lowest BCUT2D eigenvalue weighted by Gasteiger charge is -2.01. The molecule has 0 saturated heterocycles. The smallest absolute Gasteiger partial charge is 0.136 e. The first-order valence-electron chi connectivity index (χ1n) is 3.85. The van der Waals surface area contributed by atoms with Crippen LogP contribution >= 0.6 is 11.6 Å². The van der Waals surface area contributed by atoms with Crippen LogP contribution in [-0.2, 0) is 0 Å². The fraction of sp³-hybridized carbons (Fsp3) is 0.222. The van der Waals surface area contributed by atoms with Crippen LogP contribution in [0.4, 0.5) is 0 Å². The highest BCUT2D eigenvalue weighted by Crippen LogP contribution is 2.19. The summed E-state index contributed by atoms with van der Waals surface area (Å²) in [6, 6.07) is 5.89. The second-order valence-corrected chi connectivity index (χ2v) is 3.38. The van der Waals surface area contributed by atoms with E-state index in [0.29, 0.717) is 0 Å². The minimum absolute atomic E-state index is 0.00222. The SMILES string of the molecule is CC(Cl)c1cnc2ccccn12. The third-order valence-electron chi connectivity index (χ3n) is 1.85. The summed E-state index contributed by atoms with van der Waals surface area (Å²) in [7, 11) is 0. The zero-order valence-corrected chi connectivity index (χ0v) is 7.49. The predicted octanol–water partition coefficient (Wildman–Crippen LogP) is 2.63. The van der Waals surface area contributed by atoms with Crippen LogP contribution in [-0.4, -0.2) is 9.38 Å². The van der Waals surface area contributed by atoms with Crippen LogP contribution < -0.4 is 0 Å². The molecule has 2 nitrogen and oxygen atoms in total. The first-order chi connectivity index (χ1) is 5.79. The average molecular weight is 181 g/mol. The van der Waals surface area contributed by atoms with E-state index >= 15 is 0 Å². The van der Waals surface area contributed by atoms with Gasteiger partial charge in [0.2, 0.25) is 0 Å². The van der Waals surface area contributed by atoms with E-state index in [-0.39, 0.29) is 5.38 Å². The summed E-state index contributed by atoms with van der Waals surface area (Å²) in [6.07, 6.45) is 3.78. The number of hydrogen-bond donors (Lipinski definition) is 0. The molecule has 3 heteroatoms. The summed E-state index contributed by atoms with van der Waals surface area (Å²) in [5.41, 5.74) is 1.98. The maximum absolute atomic E-state index is 5.96. The van der Waals surface area contributed by atoms with Crippen LogP contribution in [0.15, 0.2) is 30.6 Å². The van der Waals surface area contributed by atoms with Crippen molar-refractivity contribution in [3.63, 3.8) is 0 Å². The minimum atomic E-state index is 0.00222. The lowest BCUT2D eigenvalue weighted by molar-refractivity contribution is 0.963. The molecule has 0 saturated carbocycles. The Kier molecular flexibility index (Phi) is 1.77. The maximum Gasteiger partial charge on any atom is 0.136 e. The molecule has 0 aromatic carbocycles. The van der Waals surface area contributed by atoms with Gasteiger partial charge in [-0.25, -0.2) is 4.98 Å². The average Bonchev–Trinajstić information content (AvgIpc) is 2.47. The van der Waals surface area contributed by atoms with E-state index in [9.17, 15) is 0 Å². The molecule has 2 aromatic rings. The highest BCUT2D eigenvalue weighted by Gasteiger charge is 2.06. The summed E-state index contributed by atoms with van der Waals surface area (Å²) >= 11 is 5.96. The molecule has 2 aromatic heterocycles. The van der Waals surface area contributed by atoms with Crippen molar-refractivity contribution in [2.24, 2.45) is 0 Å². The van der Waals surface area contributed by atoms with Gasteiger partial charge >= 0.3 is 0 Å². The van der Waals surface area contributed by atoms with Crippen LogP contribution in [0.5, 0.6) is 0 Å². The van der Waals surface area contributed by atoms with Gasteiger partial charge in [-0.05, 0) is 19.1 Å². The molecular weight excluding hydrogens is 172 g/mol. The number of fused-ring (bicyclic) bond motifs is 1. The van der Waals surface area contributed by atoms with Gasteiger partial charge in [0.25, 0.3) is 0 Å². The first-order valence-corrected chi connectivity index (χ1v) is 4.29. The van der Waals surface area contributed by atoms with Crippen LogP contribution in [0.25, 0.3) is 5.65 Å². The molecule has 0 aliphatic carbocycles. The quantitative estimate of drug-likeness (QED) is 0.617. The predicted molar refractivity (Wildman–Crippen MR) is 49.5 cm³/mol. The van der Waals surface area contributed by atoms with Crippen LogP contribution in [0.1, 0.15) is 18.0 Å². The zero-order valence-electron chi connectivity index (χ0n) is 6.74. The normalized spacial score (nSPS) is 13.5. The molecule has 0 amide bonds. The highest BCUT2D eigenvalue weighted by molar-refractivity contribution is 6.20. The molecule has 2 rings (SSSR count). The number of nitrogens with zero attached hydrogens (tertiary/aromatic N) is 2. The largest absolute Gasteiger partial charge is 0.303 e. The van der Waals surface area contributed by atoms with E-state index in [1.54, 1.807) is 0 Å². The van der Waals surface area contributed by atoms with Gasteiger partial charge < -0.3 is 4.40 Å². The number of rotatable bonds is 1. The Bertz CT molecular complexity index is 392. The molecule has 0 bridgehead atoms. The van der Waals surface area contributed by atoms with Crippen molar-refractivity contribution in [3.05, 3.63) is 36.3 Å². The standard InChI is InChI=1S/C9H9ClN2/c1-7(10)8-6-11-9-4-2-3-5-12(8)9/h2-7H,1H3. The van der Waals surface area contributed by atoms with Crippen molar-refractivity contribution in [2.45, 2.75) is 12.3 Å². The minimum Gasteiger partial charge on any atom is -0.303 e. The molecule has 2 heterocycles. The lowest BCUT2D eigenvalue weighted by atomic mass is 10.3. The summed E-state index contributed by atoms with van der Waals surface area (Å²) in [4.78, 5) is 4.22. The summed E-state index contributed by atoms with van der Waals surface area (Å²) in [5, 5.41) is 0.00222. The number of pyridine rings is 1. The molecule has 12 heavy (non-hydrogen) atoms. The van der Waals surface area contributed by atoms with Crippen molar-refractivity contribution >= 4 is 17.2 Å².